The molecule has 0 saturated carbocycles. The molecular weight excluding hydrogens is 284 g/mol. The molecule has 0 atom stereocenters. The van der Waals surface area contributed by atoms with E-state index in [4.69, 9.17) is 0 Å². The lowest BCUT2D eigenvalue weighted by Crippen LogP contribution is -2.04. The van der Waals surface area contributed by atoms with Crippen LogP contribution in [0.25, 0.3) is 0 Å². The number of hydrogen-bond donors (Lipinski definition) is 2. The van der Waals surface area contributed by atoms with E-state index < -0.39 is 0 Å². The molecule has 0 radical (unpaired) electrons. The molecule has 0 aliphatic rings. The summed E-state index contributed by atoms with van der Waals surface area (Å²) in [6.07, 6.45) is 3.38. The second kappa shape index (κ2) is 7.08. The molecule has 2 N–H and O–H groups in total. The summed E-state index contributed by atoms with van der Waals surface area (Å²) in [4.78, 5) is 0. The molecule has 0 aromatic heterocycles. The van der Waals surface area contributed by atoms with E-state index in [9.17, 15) is 10.2 Å². The summed E-state index contributed by atoms with van der Waals surface area (Å²) in [5.41, 5.74) is 6.19. The third-order valence-electron chi connectivity index (χ3n) is 4.68. The maximum atomic E-state index is 10.1. The van der Waals surface area contributed by atoms with Gasteiger partial charge in [0.25, 0.3) is 0 Å². The van der Waals surface area contributed by atoms with Gasteiger partial charge in [-0.05, 0) is 67.5 Å². The highest BCUT2D eigenvalue weighted by molar-refractivity contribution is 5.49. The smallest absolute Gasteiger partial charge is 0.121 e. The number of aryl methyl sites for hydroxylation is 4. The second-order valence-electron chi connectivity index (χ2n) is 6.70. The van der Waals surface area contributed by atoms with Gasteiger partial charge >= 0.3 is 0 Å². The highest BCUT2D eigenvalue weighted by Crippen LogP contribution is 2.36. The van der Waals surface area contributed by atoms with E-state index in [2.05, 4.69) is 31.2 Å². The van der Waals surface area contributed by atoms with Crippen molar-refractivity contribution in [3.63, 3.8) is 0 Å². The summed E-state index contributed by atoms with van der Waals surface area (Å²) in [5.74, 6) is 1.08. The van der Waals surface area contributed by atoms with Crippen LogP contribution in [0.2, 0.25) is 0 Å². The zero-order chi connectivity index (χ0) is 17.1. The van der Waals surface area contributed by atoms with Crippen molar-refractivity contribution < 1.29 is 10.2 Å². The topological polar surface area (TPSA) is 40.5 Å². The van der Waals surface area contributed by atoms with Crippen LogP contribution < -0.4 is 0 Å². The molecule has 0 unspecified atom stereocenters. The Morgan fingerprint density at radius 1 is 0.739 bits per heavy atom. The lowest BCUT2D eigenvalue weighted by molar-refractivity contribution is 0.466. The van der Waals surface area contributed by atoms with Gasteiger partial charge in [0.05, 0.1) is 0 Å². The first kappa shape index (κ1) is 17.4. The molecule has 2 aromatic rings. The highest BCUT2D eigenvalue weighted by Gasteiger charge is 2.18. The molecule has 0 heterocycles. The molecule has 0 saturated heterocycles. The summed E-state index contributed by atoms with van der Waals surface area (Å²) in [7, 11) is 0. The summed E-state index contributed by atoms with van der Waals surface area (Å²) < 4.78 is 0. The van der Waals surface area contributed by atoms with Gasteiger partial charge in [-0.3, -0.25) is 0 Å². The Kier molecular flexibility index (Phi) is 5.35. The minimum atomic E-state index is 0.297. The van der Waals surface area contributed by atoms with E-state index in [1.54, 1.807) is 0 Å². The molecule has 0 bridgehead atoms. The van der Waals surface area contributed by atoms with Gasteiger partial charge in [0.1, 0.15) is 11.5 Å². The van der Waals surface area contributed by atoms with E-state index in [-0.39, 0.29) is 0 Å². The van der Waals surface area contributed by atoms with Crippen LogP contribution >= 0.6 is 0 Å². The van der Waals surface area contributed by atoms with Crippen LogP contribution in [0.4, 0.5) is 0 Å². The number of hydrogen-bond acceptors (Lipinski definition) is 2. The molecule has 124 valence electrons. The first-order valence-electron chi connectivity index (χ1n) is 8.45. The van der Waals surface area contributed by atoms with Gasteiger partial charge in [0.2, 0.25) is 0 Å². The van der Waals surface area contributed by atoms with Crippen molar-refractivity contribution >= 4 is 0 Å². The number of aromatic hydroxyl groups is 2. The van der Waals surface area contributed by atoms with Crippen LogP contribution in [-0.2, 0) is 0 Å². The zero-order valence-electron chi connectivity index (χ0n) is 14.9. The number of rotatable bonds is 5. The predicted octanol–water partition coefficient (Wildman–Crippen LogP) is 5.65. The molecule has 0 spiro atoms. The van der Waals surface area contributed by atoms with Crippen LogP contribution in [0, 0.1) is 27.7 Å². The minimum Gasteiger partial charge on any atom is -0.507 e. The molecule has 2 nitrogen and oxygen atoms in total. The van der Waals surface area contributed by atoms with E-state index in [0.717, 1.165) is 41.5 Å². The van der Waals surface area contributed by atoms with E-state index in [0.29, 0.717) is 17.4 Å². The van der Waals surface area contributed by atoms with Gasteiger partial charge in [0, 0.05) is 5.92 Å². The SMILES string of the molecule is CCCCC(c1cc(C)c(O)c(C)c1)c1cc(C)c(O)c(C)c1. The number of benzene rings is 2. The van der Waals surface area contributed by atoms with Crippen molar-refractivity contribution in [2.45, 2.75) is 59.8 Å². The fraction of sp³-hybridized carbons (Fsp3) is 0.429. The van der Waals surface area contributed by atoms with E-state index >= 15 is 0 Å². The second-order valence-corrected chi connectivity index (χ2v) is 6.70. The minimum absolute atomic E-state index is 0.297. The van der Waals surface area contributed by atoms with Crippen molar-refractivity contribution in [1.29, 1.82) is 0 Å². The first-order chi connectivity index (χ1) is 10.8. The quantitative estimate of drug-likeness (QED) is 0.748. The number of phenolic OH excluding ortho intramolecular Hbond substituents is 2. The lowest BCUT2D eigenvalue weighted by atomic mass is 9.84. The van der Waals surface area contributed by atoms with Crippen molar-refractivity contribution in [2.24, 2.45) is 0 Å². The fourth-order valence-corrected chi connectivity index (χ4v) is 3.32. The molecule has 0 aliphatic carbocycles. The normalized spacial score (nSPS) is 11.2. The van der Waals surface area contributed by atoms with Gasteiger partial charge < -0.3 is 10.2 Å². The van der Waals surface area contributed by atoms with Crippen LogP contribution in [0.3, 0.4) is 0 Å². The maximum Gasteiger partial charge on any atom is 0.121 e. The Bertz CT molecular complexity index is 597. The monoisotopic (exact) mass is 312 g/mol. The van der Waals surface area contributed by atoms with Crippen molar-refractivity contribution in [2.75, 3.05) is 0 Å². The molecule has 0 amide bonds. The summed E-state index contributed by atoms with van der Waals surface area (Å²) in [6, 6.07) is 8.39. The van der Waals surface area contributed by atoms with Gasteiger partial charge in [-0.2, -0.15) is 0 Å². The maximum absolute atomic E-state index is 10.1. The Morgan fingerprint density at radius 2 is 1.09 bits per heavy atom. The Morgan fingerprint density at radius 3 is 1.39 bits per heavy atom. The van der Waals surface area contributed by atoms with Crippen molar-refractivity contribution in [3.8, 4) is 11.5 Å². The predicted molar refractivity (Wildman–Crippen MR) is 96.5 cm³/mol. The zero-order valence-corrected chi connectivity index (χ0v) is 14.9. The van der Waals surface area contributed by atoms with Crippen LogP contribution in [0.15, 0.2) is 24.3 Å². The summed E-state index contributed by atoms with van der Waals surface area (Å²) >= 11 is 0. The number of unbranched alkanes of at least 4 members (excludes halogenated alkanes) is 1. The van der Waals surface area contributed by atoms with Crippen LogP contribution in [0.5, 0.6) is 11.5 Å². The lowest BCUT2D eigenvalue weighted by Gasteiger charge is -2.21. The molecule has 0 aliphatic heterocycles. The summed E-state index contributed by atoms with van der Waals surface area (Å²) in [6.45, 7) is 10.0. The molecule has 2 rings (SSSR count). The average molecular weight is 312 g/mol. The van der Waals surface area contributed by atoms with E-state index in [1.165, 1.54) is 11.1 Å². The fourth-order valence-electron chi connectivity index (χ4n) is 3.32. The standard InChI is InChI=1S/C21H28O2/c1-6-7-8-19(17-9-13(2)20(22)14(3)10-17)18-11-15(4)21(23)16(5)12-18/h9-12,19,22-23H,6-8H2,1-5H3. The third kappa shape index (κ3) is 3.69. The molecule has 0 fully saturated rings. The molecule has 2 heteroatoms. The van der Waals surface area contributed by atoms with Gasteiger partial charge in [-0.15, -0.1) is 0 Å². The van der Waals surface area contributed by atoms with Gasteiger partial charge in [-0.1, -0.05) is 44.0 Å². The van der Waals surface area contributed by atoms with Crippen molar-refractivity contribution in [3.05, 3.63) is 57.6 Å². The van der Waals surface area contributed by atoms with Gasteiger partial charge in [0.15, 0.2) is 0 Å². The Hall–Kier alpha value is -1.96. The van der Waals surface area contributed by atoms with Gasteiger partial charge in [-0.25, -0.2) is 0 Å². The van der Waals surface area contributed by atoms with Crippen LogP contribution in [0.1, 0.15) is 65.5 Å². The molecular formula is C21H28O2. The van der Waals surface area contributed by atoms with Crippen LogP contribution in [-0.4, -0.2) is 10.2 Å². The van der Waals surface area contributed by atoms with Crippen molar-refractivity contribution in [1.82, 2.24) is 0 Å². The largest absolute Gasteiger partial charge is 0.507 e. The first-order valence-corrected chi connectivity index (χ1v) is 8.45. The third-order valence-corrected chi connectivity index (χ3v) is 4.68. The average Bonchev–Trinajstić information content (AvgIpc) is 2.50. The number of phenols is 2. The summed E-state index contributed by atoms with van der Waals surface area (Å²) in [5, 5.41) is 20.1. The highest BCUT2D eigenvalue weighted by atomic mass is 16.3. The Balaban J connectivity index is 2.53. The molecule has 23 heavy (non-hydrogen) atoms. The molecule has 2 aromatic carbocycles. The Labute approximate surface area is 139 Å². The van der Waals surface area contributed by atoms with E-state index in [1.807, 2.05) is 27.7 Å².